The summed E-state index contributed by atoms with van der Waals surface area (Å²) in [6, 6.07) is 8.47. The fourth-order valence-electron chi connectivity index (χ4n) is 2.34. The predicted octanol–water partition coefficient (Wildman–Crippen LogP) is 4.61. The molecule has 2 nitrogen and oxygen atoms in total. The summed E-state index contributed by atoms with van der Waals surface area (Å²) in [7, 11) is 1.72. The van der Waals surface area contributed by atoms with Crippen LogP contribution in [0.1, 0.15) is 29.0 Å². The van der Waals surface area contributed by atoms with Crippen molar-refractivity contribution in [2.75, 3.05) is 13.7 Å². The van der Waals surface area contributed by atoms with Crippen molar-refractivity contribution in [3.63, 3.8) is 0 Å². The van der Waals surface area contributed by atoms with E-state index in [4.69, 9.17) is 16.3 Å². The highest BCUT2D eigenvalue weighted by Crippen LogP contribution is 2.33. The monoisotopic (exact) mass is 309 g/mol. The molecule has 0 radical (unpaired) electrons. The molecule has 2 aromatic rings. The Morgan fingerprint density at radius 2 is 2.15 bits per heavy atom. The fourth-order valence-corrected chi connectivity index (χ4v) is 3.61. The van der Waals surface area contributed by atoms with E-state index in [9.17, 15) is 0 Å². The van der Waals surface area contributed by atoms with Gasteiger partial charge in [-0.2, -0.15) is 0 Å². The van der Waals surface area contributed by atoms with Crippen LogP contribution in [0.3, 0.4) is 0 Å². The SMILES string of the molecule is CCNC(Cc1cc(C)ccc1OC)c1sccc1Cl. The molecule has 0 spiro atoms. The number of nitrogens with one attached hydrogen (secondary N) is 1. The first-order valence-electron chi connectivity index (χ1n) is 6.75. The molecule has 108 valence electrons. The van der Waals surface area contributed by atoms with Crippen molar-refractivity contribution >= 4 is 22.9 Å². The number of hydrogen-bond donors (Lipinski definition) is 1. The zero-order chi connectivity index (χ0) is 14.5. The maximum atomic E-state index is 6.28. The van der Waals surface area contributed by atoms with Gasteiger partial charge in [-0.05, 0) is 43.0 Å². The average Bonchev–Trinajstić information content (AvgIpc) is 2.85. The second-order valence-electron chi connectivity index (χ2n) is 4.76. The smallest absolute Gasteiger partial charge is 0.122 e. The highest BCUT2D eigenvalue weighted by atomic mass is 35.5. The molecule has 2 rings (SSSR count). The summed E-state index contributed by atoms with van der Waals surface area (Å²) in [5.74, 6) is 0.936. The third-order valence-electron chi connectivity index (χ3n) is 3.27. The van der Waals surface area contributed by atoms with Gasteiger partial charge in [-0.3, -0.25) is 0 Å². The lowest BCUT2D eigenvalue weighted by Crippen LogP contribution is -2.22. The molecule has 1 aromatic heterocycles. The van der Waals surface area contributed by atoms with Crippen LogP contribution < -0.4 is 10.1 Å². The molecule has 1 aromatic carbocycles. The van der Waals surface area contributed by atoms with Crippen LogP contribution in [0, 0.1) is 6.92 Å². The highest BCUT2D eigenvalue weighted by molar-refractivity contribution is 7.10. The summed E-state index contributed by atoms with van der Waals surface area (Å²) in [6.07, 6.45) is 0.874. The molecule has 20 heavy (non-hydrogen) atoms. The topological polar surface area (TPSA) is 21.3 Å². The van der Waals surface area contributed by atoms with Gasteiger partial charge in [0.25, 0.3) is 0 Å². The molecular weight excluding hydrogens is 290 g/mol. The summed E-state index contributed by atoms with van der Waals surface area (Å²) in [4.78, 5) is 1.19. The van der Waals surface area contributed by atoms with Gasteiger partial charge in [-0.25, -0.2) is 0 Å². The predicted molar refractivity (Wildman–Crippen MR) is 87.2 cm³/mol. The summed E-state index contributed by atoms with van der Waals surface area (Å²) in [6.45, 7) is 5.12. The first-order valence-corrected chi connectivity index (χ1v) is 8.01. The standard InChI is InChI=1S/C16H20ClNOS/c1-4-18-14(16-13(17)7-8-20-16)10-12-9-11(2)5-6-15(12)19-3/h5-9,14,18H,4,10H2,1-3H3. The minimum Gasteiger partial charge on any atom is -0.496 e. The fraction of sp³-hybridized carbons (Fsp3) is 0.375. The number of ether oxygens (including phenoxy) is 1. The van der Waals surface area contributed by atoms with E-state index in [0.717, 1.165) is 23.7 Å². The van der Waals surface area contributed by atoms with E-state index >= 15 is 0 Å². The Hall–Kier alpha value is -1.03. The molecule has 0 saturated carbocycles. The van der Waals surface area contributed by atoms with E-state index in [-0.39, 0.29) is 6.04 Å². The summed E-state index contributed by atoms with van der Waals surface area (Å²) < 4.78 is 5.47. The van der Waals surface area contributed by atoms with Gasteiger partial charge in [0, 0.05) is 10.9 Å². The van der Waals surface area contributed by atoms with Gasteiger partial charge in [0.2, 0.25) is 0 Å². The lowest BCUT2D eigenvalue weighted by atomic mass is 10.0. The molecule has 0 amide bonds. The number of likely N-dealkylation sites (N-methyl/N-ethyl adjacent to an activating group) is 1. The molecule has 1 unspecified atom stereocenters. The van der Waals surface area contributed by atoms with Crippen LogP contribution >= 0.6 is 22.9 Å². The molecule has 4 heteroatoms. The van der Waals surface area contributed by atoms with Crippen molar-refractivity contribution in [1.82, 2.24) is 5.32 Å². The largest absolute Gasteiger partial charge is 0.496 e. The van der Waals surface area contributed by atoms with Crippen molar-refractivity contribution in [3.8, 4) is 5.75 Å². The molecular formula is C16H20ClNOS. The van der Waals surface area contributed by atoms with E-state index in [1.807, 2.05) is 17.5 Å². The zero-order valence-electron chi connectivity index (χ0n) is 12.1. The second-order valence-corrected chi connectivity index (χ2v) is 6.12. The van der Waals surface area contributed by atoms with E-state index in [1.165, 1.54) is 16.0 Å². The van der Waals surface area contributed by atoms with Gasteiger partial charge in [0.15, 0.2) is 0 Å². The van der Waals surface area contributed by atoms with Crippen LogP contribution in [0.2, 0.25) is 5.02 Å². The van der Waals surface area contributed by atoms with Crippen LogP contribution in [0.5, 0.6) is 5.75 Å². The Bertz CT molecular complexity index is 567. The van der Waals surface area contributed by atoms with Crippen molar-refractivity contribution in [3.05, 3.63) is 50.7 Å². The van der Waals surface area contributed by atoms with Crippen LogP contribution in [-0.2, 0) is 6.42 Å². The van der Waals surface area contributed by atoms with E-state index in [2.05, 4.69) is 31.3 Å². The van der Waals surface area contributed by atoms with Crippen molar-refractivity contribution in [2.24, 2.45) is 0 Å². The first kappa shape index (κ1) is 15.4. The first-order chi connectivity index (χ1) is 9.65. The average molecular weight is 310 g/mol. The number of rotatable bonds is 6. The maximum Gasteiger partial charge on any atom is 0.122 e. The molecule has 0 aliphatic heterocycles. The van der Waals surface area contributed by atoms with Gasteiger partial charge in [-0.1, -0.05) is 36.2 Å². The lowest BCUT2D eigenvalue weighted by molar-refractivity contribution is 0.406. The number of benzene rings is 1. The van der Waals surface area contributed by atoms with Crippen molar-refractivity contribution < 1.29 is 4.74 Å². The van der Waals surface area contributed by atoms with E-state index in [1.54, 1.807) is 18.4 Å². The minimum atomic E-state index is 0.225. The van der Waals surface area contributed by atoms with Crippen LogP contribution in [0.4, 0.5) is 0 Å². The Kier molecular flexibility index (Phi) is 5.46. The third kappa shape index (κ3) is 3.54. The molecule has 0 fully saturated rings. The van der Waals surface area contributed by atoms with Crippen molar-refractivity contribution in [2.45, 2.75) is 26.3 Å². The highest BCUT2D eigenvalue weighted by Gasteiger charge is 2.18. The van der Waals surface area contributed by atoms with Gasteiger partial charge in [-0.15, -0.1) is 11.3 Å². The molecule has 0 aliphatic carbocycles. The normalized spacial score (nSPS) is 12.4. The lowest BCUT2D eigenvalue weighted by Gasteiger charge is -2.19. The molecule has 0 saturated heterocycles. The Morgan fingerprint density at radius 1 is 1.35 bits per heavy atom. The zero-order valence-corrected chi connectivity index (χ0v) is 13.6. The minimum absolute atomic E-state index is 0.225. The number of thiophene rings is 1. The summed E-state index contributed by atoms with van der Waals surface area (Å²) in [5, 5.41) is 6.39. The number of halogens is 1. The van der Waals surface area contributed by atoms with Crippen LogP contribution in [0.25, 0.3) is 0 Å². The summed E-state index contributed by atoms with van der Waals surface area (Å²) in [5.41, 5.74) is 2.45. The molecule has 0 bridgehead atoms. The Balaban J connectivity index is 2.29. The number of methoxy groups -OCH3 is 1. The second kappa shape index (κ2) is 7.11. The van der Waals surface area contributed by atoms with Gasteiger partial charge >= 0.3 is 0 Å². The molecule has 1 N–H and O–H groups in total. The van der Waals surface area contributed by atoms with E-state index in [0.29, 0.717) is 0 Å². The van der Waals surface area contributed by atoms with Gasteiger partial charge < -0.3 is 10.1 Å². The Labute approximate surface area is 129 Å². The molecule has 1 atom stereocenters. The Morgan fingerprint density at radius 3 is 2.75 bits per heavy atom. The van der Waals surface area contributed by atoms with Crippen molar-refractivity contribution in [1.29, 1.82) is 0 Å². The maximum absolute atomic E-state index is 6.28. The number of hydrogen-bond acceptors (Lipinski definition) is 3. The molecule has 1 heterocycles. The summed E-state index contributed by atoms with van der Waals surface area (Å²) >= 11 is 7.98. The van der Waals surface area contributed by atoms with E-state index < -0.39 is 0 Å². The van der Waals surface area contributed by atoms with Crippen LogP contribution in [0.15, 0.2) is 29.6 Å². The van der Waals surface area contributed by atoms with Gasteiger partial charge in [0.1, 0.15) is 5.75 Å². The third-order valence-corrected chi connectivity index (χ3v) is 4.74. The van der Waals surface area contributed by atoms with Gasteiger partial charge in [0.05, 0.1) is 12.1 Å². The quantitative estimate of drug-likeness (QED) is 0.841. The van der Waals surface area contributed by atoms with Crippen LogP contribution in [-0.4, -0.2) is 13.7 Å². The number of aryl methyl sites for hydroxylation is 1. The molecule has 0 aliphatic rings.